The molecule has 0 amide bonds. The van der Waals surface area contributed by atoms with Gasteiger partial charge in [-0.2, -0.15) is 0 Å². The summed E-state index contributed by atoms with van der Waals surface area (Å²) in [7, 11) is 0. The summed E-state index contributed by atoms with van der Waals surface area (Å²) in [5, 5.41) is 13.9. The molecule has 0 aliphatic rings. The lowest BCUT2D eigenvalue weighted by molar-refractivity contribution is -0.380. The van der Waals surface area contributed by atoms with Crippen LogP contribution in [0.1, 0.15) is 18.2 Å². The molecular weight excluding hydrogens is 278 g/mol. The molecule has 0 saturated carbocycles. The highest BCUT2D eigenvalue weighted by atomic mass is 32.1. The summed E-state index contributed by atoms with van der Waals surface area (Å²) in [5.74, 6) is 0. The van der Waals surface area contributed by atoms with Gasteiger partial charge in [-0.15, -0.1) is 0 Å². The number of rotatable bonds is 6. The minimum atomic E-state index is -0.393. The largest absolute Gasteiger partial charge is 0.379 e. The number of nitrogens with zero attached hydrogens (tertiary/aromatic N) is 2. The monoisotopic (exact) mass is 293 g/mol. The summed E-state index contributed by atoms with van der Waals surface area (Å²) >= 11 is 1.15. The zero-order valence-electron chi connectivity index (χ0n) is 11.0. The Morgan fingerprint density at radius 2 is 2.15 bits per heavy atom. The number of hydrogen-bond acceptors (Lipinski definition) is 5. The van der Waals surface area contributed by atoms with Crippen LogP contribution < -0.4 is 10.9 Å². The smallest absolute Gasteiger partial charge is 0.324 e. The number of nitro groups is 1. The van der Waals surface area contributed by atoms with Crippen molar-refractivity contribution in [3.05, 3.63) is 55.8 Å². The minimum Gasteiger partial charge on any atom is -0.379 e. The summed E-state index contributed by atoms with van der Waals surface area (Å²) in [5.41, 5.74) is 0.804. The van der Waals surface area contributed by atoms with Crippen molar-refractivity contribution in [2.24, 2.45) is 0 Å². The molecule has 106 valence electrons. The van der Waals surface area contributed by atoms with E-state index >= 15 is 0 Å². The molecule has 0 fully saturated rings. The molecule has 20 heavy (non-hydrogen) atoms. The summed E-state index contributed by atoms with van der Waals surface area (Å²) < 4.78 is 1.65. The van der Waals surface area contributed by atoms with E-state index in [1.54, 1.807) is 22.9 Å². The number of pyridine rings is 1. The Hall–Kier alpha value is -2.15. The van der Waals surface area contributed by atoms with E-state index in [0.29, 0.717) is 13.1 Å². The summed E-state index contributed by atoms with van der Waals surface area (Å²) in [6.45, 7) is 3.19. The molecule has 2 aromatic rings. The van der Waals surface area contributed by atoms with E-state index < -0.39 is 4.92 Å². The number of anilines is 1. The van der Waals surface area contributed by atoms with Gasteiger partial charge in [0.25, 0.3) is 5.56 Å². The van der Waals surface area contributed by atoms with Crippen LogP contribution in [0.15, 0.2) is 35.3 Å². The predicted molar refractivity (Wildman–Crippen MR) is 79.3 cm³/mol. The zero-order chi connectivity index (χ0) is 14.5. The van der Waals surface area contributed by atoms with Crippen molar-refractivity contribution < 1.29 is 4.92 Å². The first-order chi connectivity index (χ1) is 9.60. The molecule has 0 radical (unpaired) electrons. The van der Waals surface area contributed by atoms with Crippen LogP contribution in [0.25, 0.3) is 0 Å². The highest BCUT2D eigenvalue weighted by Gasteiger charge is 2.09. The average Bonchev–Trinajstić information content (AvgIpc) is 2.89. The van der Waals surface area contributed by atoms with E-state index in [2.05, 4.69) is 5.32 Å². The fourth-order valence-electron chi connectivity index (χ4n) is 1.80. The number of aryl methyl sites for hydroxylation is 1. The normalized spacial score (nSPS) is 10.4. The predicted octanol–water partition coefficient (Wildman–Crippen LogP) is 2.84. The Bertz CT molecular complexity index is 663. The Labute approximate surface area is 119 Å². The van der Waals surface area contributed by atoms with Gasteiger partial charge < -0.3 is 9.88 Å². The molecular formula is C13H15N3O3S. The molecule has 0 aromatic carbocycles. The molecule has 1 N–H and O–H groups in total. The number of hydrogen-bond donors (Lipinski definition) is 1. The highest BCUT2D eigenvalue weighted by molar-refractivity contribution is 7.15. The van der Waals surface area contributed by atoms with Crippen molar-refractivity contribution >= 4 is 22.0 Å². The van der Waals surface area contributed by atoms with Gasteiger partial charge in [-0.25, -0.2) is 0 Å². The molecule has 0 aliphatic heterocycles. The van der Waals surface area contributed by atoms with E-state index in [1.807, 2.05) is 6.92 Å². The molecule has 0 saturated heterocycles. The quantitative estimate of drug-likeness (QED) is 0.656. The van der Waals surface area contributed by atoms with Crippen LogP contribution in [-0.4, -0.2) is 9.49 Å². The molecule has 0 aliphatic carbocycles. The van der Waals surface area contributed by atoms with E-state index in [-0.39, 0.29) is 10.6 Å². The third-order valence-electron chi connectivity index (χ3n) is 2.74. The molecule has 7 heteroatoms. The Kier molecular flexibility index (Phi) is 4.52. The molecule has 0 unspecified atom stereocenters. The first kappa shape index (κ1) is 14.3. The number of nitrogens with one attached hydrogen (secondary N) is 1. The molecule has 2 heterocycles. The number of aromatic nitrogens is 1. The standard InChI is InChI=1S/C13H15N3O3S/c1-2-7-15-9-10(3-5-12(15)17)14-8-11-4-6-13(20-11)16(18)19/h3-6,9,14H,2,7-8H2,1H3. The SMILES string of the molecule is CCCn1cc(NCc2ccc([N+](=O)[O-])s2)ccc1=O. The molecule has 2 aromatic heterocycles. The first-order valence-electron chi connectivity index (χ1n) is 6.27. The van der Waals surface area contributed by atoms with Gasteiger partial charge in [0.1, 0.15) is 0 Å². The Balaban J connectivity index is 2.04. The van der Waals surface area contributed by atoms with Crippen molar-refractivity contribution in [1.29, 1.82) is 0 Å². The molecule has 0 spiro atoms. The number of thiophene rings is 1. The summed E-state index contributed by atoms with van der Waals surface area (Å²) in [6.07, 6.45) is 2.66. The Morgan fingerprint density at radius 3 is 2.80 bits per heavy atom. The van der Waals surface area contributed by atoms with E-state index in [0.717, 1.165) is 28.3 Å². The van der Waals surface area contributed by atoms with Gasteiger partial charge in [0, 0.05) is 36.3 Å². The third kappa shape index (κ3) is 3.45. The van der Waals surface area contributed by atoms with Crippen LogP contribution >= 0.6 is 11.3 Å². The van der Waals surface area contributed by atoms with Crippen molar-refractivity contribution in [2.75, 3.05) is 5.32 Å². The lowest BCUT2D eigenvalue weighted by Crippen LogP contribution is -2.18. The highest BCUT2D eigenvalue weighted by Crippen LogP contribution is 2.24. The van der Waals surface area contributed by atoms with E-state index in [4.69, 9.17) is 0 Å². The second-order valence-electron chi connectivity index (χ2n) is 4.30. The van der Waals surface area contributed by atoms with Gasteiger partial charge in [0.2, 0.25) is 0 Å². The summed E-state index contributed by atoms with van der Waals surface area (Å²) in [6, 6.07) is 6.48. The van der Waals surface area contributed by atoms with Crippen LogP contribution in [0.2, 0.25) is 0 Å². The lowest BCUT2D eigenvalue weighted by Gasteiger charge is -2.08. The molecule has 0 atom stereocenters. The van der Waals surface area contributed by atoms with Gasteiger partial charge in [0.15, 0.2) is 0 Å². The maximum absolute atomic E-state index is 11.6. The topological polar surface area (TPSA) is 77.2 Å². The summed E-state index contributed by atoms with van der Waals surface area (Å²) in [4.78, 5) is 22.7. The molecule has 6 nitrogen and oxygen atoms in total. The van der Waals surface area contributed by atoms with Crippen molar-refractivity contribution in [1.82, 2.24) is 4.57 Å². The van der Waals surface area contributed by atoms with Crippen molar-refractivity contribution in [3.8, 4) is 0 Å². The van der Waals surface area contributed by atoms with Crippen LogP contribution in [0.4, 0.5) is 10.7 Å². The van der Waals surface area contributed by atoms with Crippen LogP contribution in [-0.2, 0) is 13.1 Å². The lowest BCUT2D eigenvalue weighted by atomic mass is 10.3. The maximum atomic E-state index is 11.6. The van der Waals surface area contributed by atoms with Crippen LogP contribution in [0.5, 0.6) is 0 Å². The second-order valence-corrected chi connectivity index (χ2v) is 5.45. The third-order valence-corrected chi connectivity index (χ3v) is 3.78. The maximum Gasteiger partial charge on any atom is 0.324 e. The van der Waals surface area contributed by atoms with Crippen molar-refractivity contribution in [3.63, 3.8) is 0 Å². The first-order valence-corrected chi connectivity index (χ1v) is 7.09. The van der Waals surface area contributed by atoms with Gasteiger partial charge in [-0.1, -0.05) is 18.3 Å². The average molecular weight is 293 g/mol. The van der Waals surface area contributed by atoms with Gasteiger partial charge in [-0.05, 0) is 18.6 Å². The van der Waals surface area contributed by atoms with Crippen LogP contribution in [0, 0.1) is 10.1 Å². The van der Waals surface area contributed by atoms with Gasteiger partial charge in [0.05, 0.1) is 10.6 Å². The van der Waals surface area contributed by atoms with E-state index in [9.17, 15) is 14.9 Å². The van der Waals surface area contributed by atoms with Crippen LogP contribution in [0.3, 0.4) is 0 Å². The zero-order valence-corrected chi connectivity index (χ0v) is 11.9. The second kappa shape index (κ2) is 6.33. The minimum absolute atomic E-state index is 0.0239. The fourth-order valence-corrected chi connectivity index (χ4v) is 2.56. The van der Waals surface area contributed by atoms with Gasteiger partial charge in [-0.3, -0.25) is 14.9 Å². The molecule has 2 rings (SSSR count). The van der Waals surface area contributed by atoms with Crippen molar-refractivity contribution in [2.45, 2.75) is 26.4 Å². The van der Waals surface area contributed by atoms with E-state index in [1.165, 1.54) is 12.1 Å². The fraction of sp³-hybridized carbons (Fsp3) is 0.308. The Morgan fingerprint density at radius 1 is 1.35 bits per heavy atom. The van der Waals surface area contributed by atoms with Gasteiger partial charge >= 0.3 is 5.00 Å². The molecule has 0 bridgehead atoms.